The fourth-order valence-corrected chi connectivity index (χ4v) is 10.7. The van der Waals surface area contributed by atoms with Crippen LogP contribution >= 0.6 is 23.4 Å². The van der Waals surface area contributed by atoms with Crippen LogP contribution < -0.4 is 14.5 Å². The molecule has 10 heteroatoms. The van der Waals surface area contributed by atoms with E-state index in [9.17, 15) is 14.7 Å². The molecule has 5 rings (SSSR count). The number of unbranched alkanes of at least 4 members (excludes halogenated alkanes) is 2. The van der Waals surface area contributed by atoms with Crippen LogP contribution in [0.5, 0.6) is 5.75 Å². The van der Waals surface area contributed by atoms with E-state index < -0.39 is 22.6 Å². The second-order valence-corrected chi connectivity index (χ2v) is 14.6. The molecule has 6 atom stereocenters. The topological polar surface area (TPSA) is 90.4 Å². The zero-order valence-electron chi connectivity index (χ0n) is 27.6. The number of ether oxygens (including phenoxy) is 1. The molecule has 8 nitrogen and oxygen atoms in total. The van der Waals surface area contributed by atoms with Crippen LogP contribution in [-0.4, -0.2) is 76.6 Å². The highest BCUT2D eigenvalue weighted by atomic mass is 35.5. The fourth-order valence-electron chi connectivity index (χ4n) is 7.95. The molecule has 3 aliphatic rings. The Morgan fingerprint density at radius 2 is 1.79 bits per heavy atom. The summed E-state index contributed by atoms with van der Waals surface area (Å²) in [5.41, 5.74) is 2.16. The molecular weight excluding hydrogens is 634 g/mol. The van der Waals surface area contributed by atoms with Crippen LogP contribution in [0.4, 0.5) is 11.4 Å². The molecule has 3 amide bonds. The number of rotatable bonds is 15. The summed E-state index contributed by atoms with van der Waals surface area (Å²) >= 11 is 8.38. The lowest BCUT2D eigenvalue weighted by atomic mass is 9.65. The van der Waals surface area contributed by atoms with Gasteiger partial charge in [-0.05, 0) is 81.3 Å². The first-order chi connectivity index (χ1) is 22.7. The summed E-state index contributed by atoms with van der Waals surface area (Å²) in [6.45, 7) is 15.3. The molecule has 47 heavy (non-hydrogen) atoms. The van der Waals surface area contributed by atoms with Crippen LogP contribution in [0.1, 0.15) is 45.1 Å². The Hall–Kier alpha value is -3.27. The second-order valence-electron chi connectivity index (χ2n) is 12.7. The number of halogens is 1. The maximum atomic E-state index is 15.0. The third-order valence-electron chi connectivity index (χ3n) is 9.89. The summed E-state index contributed by atoms with van der Waals surface area (Å²) in [5, 5.41) is 9.76. The number of aliphatic hydroxyl groups excluding tert-OH is 1. The quantitative estimate of drug-likeness (QED) is 0.176. The molecule has 252 valence electrons. The van der Waals surface area contributed by atoms with Crippen LogP contribution in [0.25, 0.3) is 0 Å². The fraction of sp³-hybridized carbons (Fsp3) is 0.486. The van der Waals surface area contributed by atoms with Gasteiger partial charge in [0.2, 0.25) is 11.8 Å². The van der Waals surface area contributed by atoms with Gasteiger partial charge in [-0.15, -0.1) is 24.9 Å². The molecular formula is C37H46ClN3O5S. The Balaban J connectivity index is 1.57. The van der Waals surface area contributed by atoms with Crippen molar-refractivity contribution in [2.45, 2.75) is 62.5 Å². The SMILES string of the molecule is C=CCN(C(=O)[C@@H]1[C@H]2C(=O)N(CCCCCO)C(C(=O)N(CC=C)c3c(C)cccc3Cl)C23S[C@@H]1CC3C)c1ccc(OCC)cc1. The smallest absolute Gasteiger partial charge is 0.251 e. The zero-order chi connectivity index (χ0) is 33.9. The molecule has 1 spiro atoms. The Morgan fingerprint density at radius 3 is 2.43 bits per heavy atom. The van der Waals surface area contributed by atoms with E-state index in [1.165, 1.54) is 0 Å². The van der Waals surface area contributed by atoms with E-state index in [-0.39, 0.29) is 48.6 Å². The normalized spacial score (nSPS) is 25.9. The van der Waals surface area contributed by atoms with Gasteiger partial charge in [-0.2, -0.15) is 0 Å². The van der Waals surface area contributed by atoms with Crippen LogP contribution in [0.2, 0.25) is 5.02 Å². The molecule has 3 saturated heterocycles. The van der Waals surface area contributed by atoms with E-state index in [1.807, 2.05) is 50.2 Å². The third kappa shape index (κ3) is 6.22. The predicted octanol–water partition coefficient (Wildman–Crippen LogP) is 6.29. The van der Waals surface area contributed by atoms with Gasteiger partial charge in [-0.3, -0.25) is 14.4 Å². The van der Waals surface area contributed by atoms with Crippen molar-refractivity contribution in [3.63, 3.8) is 0 Å². The minimum Gasteiger partial charge on any atom is -0.494 e. The molecule has 0 saturated carbocycles. The molecule has 3 unspecified atom stereocenters. The molecule has 3 fully saturated rings. The Labute approximate surface area is 287 Å². The number of likely N-dealkylation sites (tertiary alicyclic amines) is 1. The van der Waals surface area contributed by atoms with Gasteiger partial charge in [0, 0.05) is 37.2 Å². The number of thioether (sulfide) groups is 1. The lowest BCUT2D eigenvalue weighted by Crippen LogP contribution is -2.58. The lowest BCUT2D eigenvalue weighted by molar-refractivity contribution is -0.139. The van der Waals surface area contributed by atoms with Crippen molar-refractivity contribution in [2.75, 3.05) is 42.6 Å². The van der Waals surface area contributed by atoms with Crippen molar-refractivity contribution in [1.82, 2.24) is 4.90 Å². The van der Waals surface area contributed by atoms with Crippen LogP contribution in [0.3, 0.4) is 0 Å². The highest BCUT2D eigenvalue weighted by molar-refractivity contribution is 8.02. The number of benzene rings is 2. The zero-order valence-corrected chi connectivity index (χ0v) is 29.1. The predicted molar refractivity (Wildman–Crippen MR) is 190 cm³/mol. The number of carbonyl (C=O) groups is 3. The van der Waals surface area contributed by atoms with Gasteiger partial charge < -0.3 is 24.5 Å². The Morgan fingerprint density at radius 1 is 1.09 bits per heavy atom. The van der Waals surface area contributed by atoms with Gasteiger partial charge in [0.15, 0.2) is 0 Å². The molecule has 3 aliphatic heterocycles. The number of fused-ring (bicyclic) bond motifs is 1. The second kappa shape index (κ2) is 14.9. The van der Waals surface area contributed by atoms with Crippen LogP contribution in [0.15, 0.2) is 67.8 Å². The Bertz CT molecular complexity index is 1480. The summed E-state index contributed by atoms with van der Waals surface area (Å²) in [5.74, 6) is -1.00. The Kier molecular flexibility index (Phi) is 11.1. The molecule has 0 aromatic heterocycles. The van der Waals surface area contributed by atoms with Crippen molar-refractivity contribution >= 4 is 52.5 Å². The van der Waals surface area contributed by atoms with Crippen molar-refractivity contribution in [1.29, 1.82) is 0 Å². The van der Waals surface area contributed by atoms with Gasteiger partial charge in [0.1, 0.15) is 11.8 Å². The van der Waals surface area contributed by atoms with E-state index >= 15 is 4.79 Å². The average molecular weight is 680 g/mol. The van der Waals surface area contributed by atoms with Crippen molar-refractivity contribution in [3.05, 3.63) is 78.4 Å². The van der Waals surface area contributed by atoms with Crippen molar-refractivity contribution < 1.29 is 24.2 Å². The van der Waals surface area contributed by atoms with E-state index in [0.717, 1.165) is 18.4 Å². The van der Waals surface area contributed by atoms with Gasteiger partial charge >= 0.3 is 0 Å². The first-order valence-corrected chi connectivity index (χ1v) is 17.8. The first kappa shape index (κ1) is 35.0. The van der Waals surface area contributed by atoms with E-state index in [2.05, 4.69) is 20.1 Å². The maximum absolute atomic E-state index is 15.0. The van der Waals surface area contributed by atoms with Gasteiger partial charge in [-0.25, -0.2) is 0 Å². The lowest BCUT2D eigenvalue weighted by Gasteiger charge is -2.41. The summed E-state index contributed by atoms with van der Waals surface area (Å²) in [6, 6.07) is 12.2. The minimum absolute atomic E-state index is 0.0168. The number of anilines is 2. The summed E-state index contributed by atoms with van der Waals surface area (Å²) in [6.07, 6.45) is 6.08. The number of carbonyl (C=O) groups excluding carboxylic acids is 3. The van der Waals surface area contributed by atoms with Crippen molar-refractivity contribution in [3.8, 4) is 5.75 Å². The number of amides is 3. The van der Waals surface area contributed by atoms with Gasteiger partial charge in [0.05, 0.1) is 33.9 Å². The molecule has 2 aromatic rings. The maximum Gasteiger partial charge on any atom is 0.251 e. The molecule has 3 heterocycles. The third-order valence-corrected chi connectivity index (χ3v) is 12.3. The number of nitrogens with zero attached hydrogens (tertiary/aromatic N) is 3. The summed E-state index contributed by atoms with van der Waals surface area (Å²) in [7, 11) is 0. The van der Waals surface area contributed by atoms with E-state index in [0.29, 0.717) is 48.1 Å². The summed E-state index contributed by atoms with van der Waals surface area (Å²) in [4.78, 5) is 49.5. The molecule has 0 radical (unpaired) electrons. The molecule has 2 aromatic carbocycles. The van der Waals surface area contributed by atoms with E-state index in [4.69, 9.17) is 16.3 Å². The van der Waals surface area contributed by atoms with Gasteiger partial charge in [0.25, 0.3) is 5.91 Å². The summed E-state index contributed by atoms with van der Waals surface area (Å²) < 4.78 is 4.83. The molecule has 2 bridgehead atoms. The number of aliphatic hydroxyl groups is 1. The highest BCUT2D eigenvalue weighted by Crippen LogP contribution is 2.69. The highest BCUT2D eigenvalue weighted by Gasteiger charge is 2.76. The minimum atomic E-state index is -0.788. The van der Waals surface area contributed by atoms with Gasteiger partial charge in [-0.1, -0.05) is 42.8 Å². The first-order valence-electron chi connectivity index (χ1n) is 16.6. The standard InChI is InChI=1S/C37H46ClN3O5S/c1-6-19-39(26-15-17-27(18-16-26)46-8-3)34(43)30-29-23-25(5)37(47-29)31(30)35(44)41(21-10-9-11-22-42)33(37)36(45)40(20-7-2)32-24(4)13-12-14-28(32)38/h6-7,12-18,25,29-31,33,42H,1-2,8-11,19-23H2,3-5H3/t25?,29-,30+,31+,33?,37?/m1/s1. The number of aryl methyl sites for hydroxylation is 1. The number of hydrogen-bond acceptors (Lipinski definition) is 6. The van der Waals surface area contributed by atoms with E-state index in [1.54, 1.807) is 44.7 Å². The van der Waals surface area contributed by atoms with Crippen LogP contribution in [-0.2, 0) is 14.4 Å². The monoisotopic (exact) mass is 679 g/mol. The molecule has 0 aliphatic carbocycles. The number of para-hydroxylation sites is 1. The molecule has 1 N–H and O–H groups in total. The van der Waals surface area contributed by atoms with Crippen LogP contribution in [0, 0.1) is 24.7 Å². The van der Waals surface area contributed by atoms with Crippen molar-refractivity contribution in [2.24, 2.45) is 17.8 Å². The average Bonchev–Trinajstić information content (AvgIpc) is 3.65. The largest absolute Gasteiger partial charge is 0.494 e. The number of hydrogen-bond donors (Lipinski definition) is 1.